The average molecular weight is 275 g/mol. The minimum Gasteiger partial charge on any atom is -0.486 e. The molecule has 108 valence electrons. The zero-order valence-corrected chi connectivity index (χ0v) is 11.7. The van der Waals surface area contributed by atoms with E-state index in [0.717, 1.165) is 55.1 Å². The fraction of sp³-hybridized carbons (Fsp3) is 0.600. The van der Waals surface area contributed by atoms with Gasteiger partial charge in [-0.15, -0.1) is 0 Å². The fourth-order valence-corrected chi connectivity index (χ4v) is 3.14. The summed E-state index contributed by atoms with van der Waals surface area (Å²) in [6.45, 7) is 5.58. The predicted octanol–water partition coefficient (Wildman–Crippen LogP) is 1.32. The fourth-order valence-electron chi connectivity index (χ4n) is 3.14. The summed E-state index contributed by atoms with van der Waals surface area (Å²) < 4.78 is 11.2. The van der Waals surface area contributed by atoms with Crippen LogP contribution in [0.2, 0.25) is 0 Å². The summed E-state index contributed by atoms with van der Waals surface area (Å²) in [5.74, 6) is 1.60. The van der Waals surface area contributed by atoms with E-state index in [9.17, 15) is 0 Å². The molecule has 2 N–H and O–H groups in total. The van der Waals surface area contributed by atoms with Gasteiger partial charge in [0.05, 0.1) is 11.4 Å². The second kappa shape index (κ2) is 4.74. The molecular weight excluding hydrogens is 254 g/mol. The summed E-state index contributed by atoms with van der Waals surface area (Å²) in [5.41, 5.74) is 8.07. The molecule has 1 saturated carbocycles. The van der Waals surface area contributed by atoms with E-state index in [1.54, 1.807) is 0 Å². The highest BCUT2D eigenvalue weighted by Crippen LogP contribution is 2.39. The Morgan fingerprint density at radius 2 is 1.60 bits per heavy atom. The molecule has 0 spiro atoms. The van der Waals surface area contributed by atoms with Gasteiger partial charge in [0.25, 0.3) is 0 Å². The highest BCUT2D eigenvalue weighted by atomic mass is 16.6. The number of anilines is 2. The van der Waals surface area contributed by atoms with Crippen LogP contribution in [-0.4, -0.2) is 50.3 Å². The molecule has 20 heavy (non-hydrogen) atoms. The van der Waals surface area contributed by atoms with Crippen molar-refractivity contribution in [3.05, 3.63) is 12.1 Å². The number of nitrogens with two attached hydrogens (primary N) is 1. The number of nitrogens with zero attached hydrogens (tertiary/aromatic N) is 2. The van der Waals surface area contributed by atoms with E-state index in [1.165, 1.54) is 12.8 Å². The molecular formula is C15H21N3O2. The normalized spacial score (nSPS) is 22.9. The van der Waals surface area contributed by atoms with Crippen LogP contribution in [0.15, 0.2) is 12.1 Å². The van der Waals surface area contributed by atoms with Crippen LogP contribution in [0, 0.1) is 0 Å². The lowest BCUT2D eigenvalue weighted by Crippen LogP contribution is -2.47. The first-order valence-electron chi connectivity index (χ1n) is 7.49. The van der Waals surface area contributed by atoms with E-state index in [1.807, 2.05) is 12.1 Å². The summed E-state index contributed by atoms with van der Waals surface area (Å²) in [6.07, 6.45) is 2.76. The van der Waals surface area contributed by atoms with Gasteiger partial charge in [-0.2, -0.15) is 0 Å². The molecule has 0 unspecified atom stereocenters. The zero-order valence-electron chi connectivity index (χ0n) is 11.7. The Hall–Kier alpha value is -1.62. The number of fused-ring (bicyclic) bond motifs is 1. The van der Waals surface area contributed by atoms with Gasteiger partial charge < -0.3 is 20.1 Å². The Balaban J connectivity index is 1.53. The molecule has 0 amide bonds. The van der Waals surface area contributed by atoms with Crippen molar-refractivity contribution in [3.63, 3.8) is 0 Å². The Labute approximate surface area is 119 Å². The lowest BCUT2D eigenvalue weighted by molar-refractivity contribution is 0.171. The lowest BCUT2D eigenvalue weighted by Gasteiger charge is -2.37. The molecule has 5 heteroatoms. The SMILES string of the molecule is Nc1cc2c(cc1N1CCN(C3CC3)CC1)OCCO2. The molecule has 3 aliphatic rings. The van der Waals surface area contributed by atoms with Crippen molar-refractivity contribution < 1.29 is 9.47 Å². The van der Waals surface area contributed by atoms with Gasteiger partial charge in [0, 0.05) is 44.4 Å². The Bertz CT molecular complexity index is 508. The molecule has 0 atom stereocenters. The van der Waals surface area contributed by atoms with Crippen LogP contribution >= 0.6 is 0 Å². The first-order chi connectivity index (χ1) is 9.81. The highest BCUT2D eigenvalue weighted by molar-refractivity contribution is 5.73. The van der Waals surface area contributed by atoms with Crippen molar-refractivity contribution in [3.8, 4) is 11.5 Å². The van der Waals surface area contributed by atoms with Crippen LogP contribution in [0.25, 0.3) is 0 Å². The smallest absolute Gasteiger partial charge is 0.163 e. The largest absolute Gasteiger partial charge is 0.486 e. The first kappa shape index (κ1) is 12.1. The molecule has 1 aromatic carbocycles. The summed E-state index contributed by atoms with van der Waals surface area (Å²) in [7, 11) is 0. The number of nitrogen functional groups attached to an aromatic ring is 1. The number of piperazine rings is 1. The number of hydrogen-bond acceptors (Lipinski definition) is 5. The van der Waals surface area contributed by atoms with Gasteiger partial charge in [-0.3, -0.25) is 4.90 Å². The minimum atomic E-state index is 0.603. The van der Waals surface area contributed by atoms with Gasteiger partial charge in [0.15, 0.2) is 11.5 Å². The maximum Gasteiger partial charge on any atom is 0.163 e. The molecule has 5 nitrogen and oxygen atoms in total. The Kier molecular flexibility index (Phi) is 2.88. The molecule has 0 aromatic heterocycles. The van der Waals surface area contributed by atoms with E-state index in [-0.39, 0.29) is 0 Å². The Morgan fingerprint density at radius 1 is 0.950 bits per heavy atom. The number of benzene rings is 1. The molecule has 2 aliphatic heterocycles. The molecule has 0 radical (unpaired) electrons. The van der Waals surface area contributed by atoms with Gasteiger partial charge in [-0.05, 0) is 12.8 Å². The third kappa shape index (κ3) is 2.16. The van der Waals surface area contributed by atoms with Crippen LogP contribution in [0.4, 0.5) is 11.4 Å². The average Bonchev–Trinajstić information content (AvgIpc) is 3.31. The summed E-state index contributed by atoms with van der Waals surface area (Å²) >= 11 is 0. The predicted molar refractivity (Wildman–Crippen MR) is 78.7 cm³/mol. The summed E-state index contributed by atoms with van der Waals surface area (Å²) in [4.78, 5) is 4.97. The van der Waals surface area contributed by atoms with Crippen LogP contribution in [-0.2, 0) is 0 Å². The van der Waals surface area contributed by atoms with Gasteiger partial charge in [-0.25, -0.2) is 0 Å². The lowest BCUT2D eigenvalue weighted by atomic mass is 10.2. The maximum atomic E-state index is 6.19. The molecule has 1 aliphatic carbocycles. The molecule has 4 rings (SSSR count). The van der Waals surface area contributed by atoms with Crippen molar-refractivity contribution in [1.29, 1.82) is 0 Å². The quantitative estimate of drug-likeness (QED) is 0.825. The van der Waals surface area contributed by atoms with E-state index >= 15 is 0 Å². The second-order valence-corrected chi connectivity index (χ2v) is 5.81. The third-order valence-corrected chi connectivity index (χ3v) is 4.41. The van der Waals surface area contributed by atoms with Crippen molar-refractivity contribution >= 4 is 11.4 Å². The third-order valence-electron chi connectivity index (χ3n) is 4.41. The monoisotopic (exact) mass is 275 g/mol. The van der Waals surface area contributed by atoms with Gasteiger partial charge in [-0.1, -0.05) is 0 Å². The number of rotatable bonds is 2. The first-order valence-corrected chi connectivity index (χ1v) is 7.49. The van der Waals surface area contributed by atoms with Gasteiger partial charge >= 0.3 is 0 Å². The number of hydrogen-bond donors (Lipinski definition) is 1. The molecule has 0 bridgehead atoms. The van der Waals surface area contributed by atoms with E-state index in [4.69, 9.17) is 15.2 Å². The van der Waals surface area contributed by atoms with Crippen LogP contribution in [0.5, 0.6) is 11.5 Å². The topological polar surface area (TPSA) is 51.0 Å². The van der Waals surface area contributed by atoms with Crippen molar-refractivity contribution in [2.75, 3.05) is 50.0 Å². The molecule has 2 fully saturated rings. The standard InChI is InChI=1S/C15H21N3O2/c16-12-9-14-15(20-8-7-19-14)10-13(12)18-5-3-17(4-6-18)11-1-2-11/h9-11H,1-8,16H2. The highest BCUT2D eigenvalue weighted by Gasteiger charge is 2.31. The second-order valence-electron chi connectivity index (χ2n) is 5.81. The summed E-state index contributed by atoms with van der Waals surface area (Å²) in [5, 5.41) is 0. The van der Waals surface area contributed by atoms with Crippen LogP contribution in [0.1, 0.15) is 12.8 Å². The van der Waals surface area contributed by atoms with Crippen molar-refractivity contribution in [2.24, 2.45) is 0 Å². The molecule has 1 saturated heterocycles. The van der Waals surface area contributed by atoms with Crippen molar-refractivity contribution in [1.82, 2.24) is 4.90 Å². The zero-order chi connectivity index (χ0) is 13.5. The van der Waals surface area contributed by atoms with Gasteiger partial charge in [0.1, 0.15) is 13.2 Å². The van der Waals surface area contributed by atoms with Crippen LogP contribution < -0.4 is 20.1 Å². The van der Waals surface area contributed by atoms with Crippen LogP contribution in [0.3, 0.4) is 0 Å². The maximum absolute atomic E-state index is 6.19. The van der Waals surface area contributed by atoms with E-state index in [2.05, 4.69) is 9.80 Å². The summed E-state index contributed by atoms with van der Waals surface area (Å²) in [6, 6.07) is 4.79. The number of ether oxygens (including phenoxy) is 2. The Morgan fingerprint density at radius 3 is 2.25 bits per heavy atom. The molecule has 2 heterocycles. The minimum absolute atomic E-state index is 0.603. The van der Waals surface area contributed by atoms with Crippen molar-refractivity contribution in [2.45, 2.75) is 18.9 Å². The van der Waals surface area contributed by atoms with E-state index < -0.39 is 0 Å². The van der Waals surface area contributed by atoms with Gasteiger partial charge in [0.2, 0.25) is 0 Å². The van der Waals surface area contributed by atoms with E-state index in [0.29, 0.717) is 13.2 Å². The molecule has 1 aromatic rings.